The fourth-order valence-corrected chi connectivity index (χ4v) is 5.49. The minimum absolute atomic E-state index is 0.0191. The van der Waals surface area contributed by atoms with Gasteiger partial charge in [-0.25, -0.2) is 4.79 Å². The molecule has 1 fully saturated rings. The standard InChI is InChI=1S/C35H37ClN8O7/c1-35(2,3)51-34(50)23-6-9-25(10-7-23)38-31(47)28(16-21-4-11-26(12-5-21)43-15-14-22(19-45)17-30(43)46)40-33(49)32(48)39-27-18-24(36)8-13-29(27)44-20-37-41-42-44/h4-13,18,20,22,28,45H,14-17,19H2,1-3H3,(H,38,47)(H,39,48)(H,40,49)/t22?,28-/m0/s1. The molecule has 5 rings (SSSR count). The van der Waals surface area contributed by atoms with Gasteiger partial charge in [-0.3, -0.25) is 19.2 Å². The third-order valence-electron chi connectivity index (χ3n) is 7.89. The molecule has 266 valence electrons. The van der Waals surface area contributed by atoms with Crippen LogP contribution in [0.3, 0.4) is 0 Å². The molecule has 1 aromatic heterocycles. The average molecular weight is 717 g/mol. The van der Waals surface area contributed by atoms with Crippen LogP contribution in [0, 0.1) is 5.92 Å². The van der Waals surface area contributed by atoms with Crippen molar-refractivity contribution in [1.82, 2.24) is 25.5 Å². The van der Waals surface area contributed by atoms with Gasteiger partial charge in [0.25, 0.3) is 0 Å². The van der Waals surface area contributed by atoms with Gasteiger partial charge in [-0.15, -0.1) is 5.10 Å². The minimum atomic E-state index is -1.24. The van der Waals surface area contributed by atoms with Gasteiger partial charge in [0.1, 0.15) is 18.0 Å². The Labute approximate surface area is 298 Å². The Bertz CT molecular complexity index is 1890. The number of amides is 4. The molecule has 4 N–H and O–H groups in total. The number of ether oxygens (including phenoxy) is 1. The van der Waals surface area contributed by atoms with E-state index in [4.69, 9.17) is 16.3 Å². The SMILES string of the molecule is CC(C)(C)OC(=O)c1ccc(NC(=O)[C@H](Cc2ccc(N3CCC(CO)CC3=O)cc2)NC(=O)C(=O)Nc2cc(Cl)ccc2-n2cnnn2)cc1. The van der Waals surface area contributed by atoms with Crippen molar-refractivity contribution in [2.24, 2.45) is 5.92 Å². The fourth-order valence-electron chi connectivity index (χ4n) is 5.32. The van der Waals surface area contributed by atoms with Crippen LogP contribution in [0.4, 0.5) is 17.1 Å². The van der Waals surface area contributed by atoms with E-state index in [1.54, 1.807) is 62.1 Å². The van der Waals surface area contributed by atoms with Crippen molar-refractivity contribution in [1.29, 1.82) is 0 Å². The highest BCUT2D eigenvalue weighted by Gasteiger charge is 2.28. The van der Waals surface area contributed by atoms with Gasteiger partial charge in [0.15, 0.2) is 0 Å². The van der Waals surface area contributed by atoms with E-state index >= 15 is 0 Å². The number of carbonyl (C=O) groups excluding carboxylic acids is 5. The summed E-state index contributed by atoms with van der Waals surface area (Å²) in [5, 5.41) is 28.5. The van der Waals surface area contributed by atoms with Gasteiger partial charge in [-0.05, 0) is 104 Å². The number of tetrazole rings is 1. The summed E-state index contributed by atoms with van der Waals surface area (Å²) in [4.78, 5) is 66.8. The summed E-state index contributed by atoms with van der Waals surface area (Å²) >= 11 is 6.15. The number of halogens is 1. The van der Waals surface area contributed by atoms with Gasteiger partial charge in [0.05, 0.1) is 16.9 Å². The molecule has 0 spiro atoms. The van der Waals surface area contributed by atoms with Gasteiger partial charge < -0.3 is 30.7 Å². The smallest absolute Gasteiger partial charge is 0.338 e. The first-order valence-corrected chi connectivity index (χ1v) is 16.5. The summed E-state index contributed by atoms with van der Waals surface area (Å²) in [5.41, 5.74) is 1.71. The number of hydrogen-bond donors (Lipinski definition) is 4. The molecule has 1 aliphatic rings. The Hall–Kier alpha value is -5.67. The number of nitrogens with zero attached hydrogens (tertiary/aromatic N) is 5. The first kappa shape index (κ1) is 36.6. The summed E-state index contributed by atoms with van der Waals surface area (Å²) in [6.45, 7) is 5.69. The normalized spacial score (nSPS) is 15.1. The molecular weight excluding hydrogens is 680 g/mol. The second-order valence-corrected chi connectivity index (χ2v) is 13.4. The van der Waals surface area contributed by atoms with Crippen molar-refractivity contribution in [2.45, 2.75) is 51.7 Å². The van der Waals surface area contributed by atoms with E-state index in [-0.39, 0.29) is 47.5 Å². The molecule has 1 aliphatic heterocycles. The van der Waals surface area contributed by atoms with Crippen LogP contribution in [0.2, 0.25) is 5.02 Å². The summed E-state index contributed by atoms with van der Waals surface area (Å²) in [5.74, 6) is -3.50. The summed E-state index contributed by atoms with van der Waals surface area (Å²) in [6, 6.07) is 16.3. The summed E-state index contributed by atoms with van der Waals surface area (Å²) < 4.78 is 6.67. The highest BCUT2D eigenvalue weighted by Crippen LogP contribution is 2.26. The van der Waals surface area contributed by atoms with Crippen LogP contribution in [-0.4, -0.2) is 79.7 Å². The molecule has 0 saturated carbocycles. The summed E-state index contributed by atoms with van der Waals surface area (Å²) in [7, 11) is 0. The number of aromatic nitrogens is 4. The molecule has 16 heteroatoms. The van der Waals surface area contributed by atoms with E-state index in [1.165, 1.54) is 41.3 Å². The molecule has 1 unspecified atom stereocenters. The predicted octanol–water partition coefficient (Wildman–Crippen LogP) is 3.31. The molecule has 4 aromatic rings. The van der Waals surface area contributed by atoms with Crippen LogP contribution in [0.1, 0.15) is 49.5 Å². The van der Waals surface area contributed by atoms with Crippen molar-refractivity contribution in [3.63, 3.8) is 0 Å². The number of nitrogens with one attached hydrogen (secondary N) is 3. The van der Waals surface area contributed by atoms with Crippen LogP contribution in [-0.2, 0) is 30.3 Å². The molecule has 15 nitrogen and oxygen atoms in total. The zero-order chi connectivity index (χ0) is 36.7. The first-order valence-electron chi connectivity index (χ1n) is 16.1. The number of anilines is 3. The van der Waals surface area contributed by atoms with Crippen LogP contribution >= 0.6 is 11.6 Å². The van der Waals surface area contributed by atoms with Gasteiger partial charge in [0, 0.05) is 42.4 Å². The van der Waals surface area contributed by atoms with Gasteiger partial charge >= 0.3 is 17.8 Å². The van der Waals surface area contributed by atoms with Crippen molar-refractivity contribution < 1.29 is 33.8 Å². The maximum Gasteiger partial charge on any atom is 0.338 e. The molecule has 4 amide bonds. The Morgan fingerprint density at radius 1 is 1.00 bits per heavy atom. The molecule has 3 aromatic carbocycles. The second kappa shape index (κ2) is 15.9. The van der Waals surface area contributed by atoms with Crippen LogP contribution < -0.4 is 20.9 Å². The molecule has 0 aliphatic carbocycles. The highest BCUT2D eigenvalue weighted by atomic mass is 35.5. The molecule has 2 heterocycles. The summed E-state index contributed by atoms with van der Waals surface area (Å²) in [6.07, 6.45) is 2.21. The highest BCUT2D eigenvalue weighted by molar-refractivity contribution is 6.40. The number of carbonyl (C=O) groups is 5. The fraction of sp³-hybridized carbons (Fsp3) is 0.314. The molecule has 0 radical (unpaired) electrons. The van der Waals surface area contributed by atoms with Gasteiger partial charge in [-0.1, -0.05) is 23.7 Å². The number of rotatable bonds is 10. The van der Waals surface area contributed by atoms with Crippen molar-refractivity contribution in [3.05, 3.63) is 89.2 Å². The number of piperidine rings is 1. The quantitative estimate of drug-likeness (QED) is 0.140. The second-order valence-electron chi connectivity index (χ2n) is 12.9. The minimum Gasteiger partial charge on any atom is -0.456 e. The van der Waals surface area contributed by atoms with Crippen molar-refractivity contribution >= 4 is 58.3 Å². The number of benzene rings is 3. The van der Waals surface area contributed by atoms with E-state index in [0.717, 1.165) is 0 Å². The Morgan fingerprint density at radius 2 is 1.73 bits per heavy atom. The zero-order valence-electron chi connectivity index (χ0n) is 28.1. The maximum absolute atomic E-state index is 13.6. The number of esters is 1. The number of aliphatic hydroxyl groups is 1. The van der Waals surface area contributed by atoms with Crippen LogP contribution in [0.25, 0.3) is 5.69 Å². The van der Waals surface area contributed by atoms with Crippen molar-refractivity contribution in [3.8, 4) is 5.69 Å². The van der Waals surface area contributed by atoms with Gasteiger partial charge in [0.2, 0.25) is 11.8 Å². The Balaban J connectivity index is 1.33. The lowest BCUT2D eigenvalue weighted by Gasteiger charge is -2.31. The average Bonchev–Trinajstić information content (AvgIpc) is 3.63. The third-order valence-corrected chi connectivity index (χ3v) is 8.12. The van der Waals surface area contributed by atoms with Gasteiger partial charge in [-0.2, -0.15) is 4.68 Å². The number of hydrogen-bond acceptors (Lipinski definition) is 10. The first-order chi connectivity index (χ1) is 24.3. The molecule has 2 atom stereocenters. The largest absolute Gasteiger partial charge is 0.456 e. The third kappa shape index (κ3) is 9.73. The monoisotopic (exact) mass is 716 g/mol. The molecule has 51 heavy (non-hydrogen) atoms. The molecular formula is C35H37ClN8O7. The lowest BCUT2D eigenvalue weighted by Crippen LogP contribution is -2.49. The Kier molecular flexibility index (Phi) is 11.4. The Morgan fingerprint density at radius 3 is 2.35 bits per heavy atom. The lowest BCUT2D eigenvalue weighted by atomic mass is 9.96. The van der Waals surface area contributed by atoms with Crippen molar-refractivity contribution in [2.75, 3.05) is 28.7 Å². The van der Waals surface area contributed by atoms with Crippen LogP contribution in [0.15, 0.2) is 73.1 Å². The topological polar surface area (TPSA) is 198 Å². The maximum atomic E-state index is 13.6. The molecule has 0 bridgehead atoms. The van der Waals surface area contributed by atoms with E-state index < -0.39 is 35.3 Å². The van der Waals surface area contributed by atoms with E-state index in [9.17, 15) is 29.1 Å². The predicted molar refractivity (Wildman–Crippen MR) is 187 cm³/mol. The van der Waals surface area contributed by atoms with Crippen LogP contribution in [0.5, 0.6) is 0 Å². The van der Waals surface area contributed by atoms with E-state index in [2.05, 4.69) is 31.5 Å². The molecule has 1 saturated heterocycles. The lowest BCUT2D eigenvalue weighted by molar-refractivity contribution is -0.137. The van der Waals surface area contributed by atoms with E-state index in [0.29, 0.717) is 35.6 Å². The number of aliphatic hydroxyl groups excluding tert-OH is 1. The zero-order valence-corrected chi connectivity index (χ0v) is 28.9. The van der Waals surface area contributed by atoms with E-state index in [1.807, 2.05) is 0 Å².